The smallest absolute Gasteiger partial charge is 0.336 e. The number of hydrogen-bond acceptors (Lipinski definition) is 4. The molecule has 0 aliphatic carbocycles. The zero-order valence-electron chi connectivity index (χ0n) is 11.4. The highest BCUT2D eigenvalue weighted by Gasteiger charge is 2.21. The highest BCUT2D eigenvalue weighted by Crippen LogP contribution is 2.30. The SMILES string of the molecule is CCCC(Sc1ccc(Br)c(C(=O)O)c1)C(=O)OCC. The molecule has 1 aromatic rings. The van der Waals surface area contributed by atoms with Gasteiger partial charge in [-0.3, -0.25) is 4.79 Å². The van der Waals surface area contributed by atoms with Gasteiger partial charge in [0.15, 0.2) is 0 Å². The average molecular weight is 361 g/mol. The molecule has 0 fully saturated rings. The third-order valence-electron chi connectivity index (χ3n) is 2.55. The number of esters is 1. The minimum atomic E-state index is -0.998. The standard InChI is InChI=1S/C14H17BrO4S/c1-3-5-12(14(18)19-4-2)20-9-6-7-11(15)10(8-9)13(16)17/h6-8,12H,3-5H2,1-2H3,(H,16,17). The number of hydrogen-bond donors (Lipinski definition) is 1. The molecule has 6 heteroatoms. The summed E-state index contributed by atoms with van der Waals surface area (Å²) in [5.41, 5.74) is 0.189. The first-order valence-electron chi connectivity index (χ1n) is 6.35. The summed E-state index contributed by atoms with van der Waals surface area (Å²) in [7, 11) is 0. The Morgan fingerprint density at radius 2 is 2.10 bits per heavy atom. The monoisotopic (exact) mass is 360 g/mol. The van der Waals surface area contributed by atoms with Crippen molar-refractivity contribution >= 4 is 39.6 Å². The van der Waals surface area contributed by atoms with Gasteiger partial charge >= 0.3 is 11.9 Å². The Morgan fingerprint density at radius 3 is 2.65 bits per heavy atom. The van der Waals surface area contributed by atoms with Gasteiger partial charge < -0.3 is 9.84 Å². The second-order valence-electron chi connectivity index (χ2n) is 4.09. The molecule has 1 N–H and O–H groups in total. The molecule has 0 aromatic heterocycles. The van der Waals surface area contributed by atoms with E-state index in [1.807, 2.05) is 6.92 Å². The van der Waals surface area contributed by atoms with E-state index in [9.17, 15) is 9.59 Å². The normalized spacial score (nSPS) is 11.9. The second kappa shape index (κ2) is 8.32. The summed E-state index contributed by atoms with van der Waals surface area (Å²) in [5.74, 6) is -1.25. The minimum Gasteiger partial charge on any atom is -0.478 e. The fraction of sp³-hybridized carbons (Fsp3) is 0.429. The van der Waals surface area contributed by atoms with Gasteiger partial charge in [-0.1, -0.05) is 13.3 Å². The molecular weight excluding hydrogens is 344 g/mol. The molecule has 0 bridgehead atoms. The Morgan fingerprint density at radius 1 is 1.40 bits per heavy atom. The molecule has 1 atom stereocenters. The summed E-state index contributed by atoms with van der Waals surface area (Å²) in [6, 6.07) is 5.04. The molecule has 110 valence electrons. The summed E-state index contributed by atoms with van der Waals surface area (Å²) in [6.45, 7) is 4.12. The van der Waals surface area contributed by atoms with Gasteiger partial charge in [0.05, 0.1) is 12.2 Å². The minimum absolute atomic E-state index is 0.189. The van der Waals surface area contributed by atoms with Crippen LogP contribution in [0.1, 0.15) is 37.0 Å². The van der Waals surface area contributed by atoms with Crippen LogP contribution in [0.2, 0.25) is 0 Å². The average Bonchev–Trinajstić information content (AvgIpc) is 2.40. The number of carboxylic acid groups (broad SMARTS) is 1. The molecule has 0 spiro atoms. The Labute approximate surface area is 131 Å². The van der Waals surface area contributed by atoms with Crippen LogP contribution in [0, 0.1) is 0 Å². The molecule has 0 saturated heterocycles. The topological polar surface area (TPSA) is 63.6 Å². The number of carboxylic acids is 1. The van der Waals surface area contributed by atoms with Gasteiger partial charge in [0.25, 0.3) is 0 Å². The van der Waals surface area contributed by atoms with Crippen molar-refractivity contribution in [1.82, 2.24) is 0 Å². The van der Waals surface area contributed by atoms with E-state index in [2.05, 4.69) is 15.9 Å². The van der Waals surface area contributed by atoms with E-state index in [4.69, 9.17) is 9.84 Å². The second-order valence-corrected chi connectivity index (χ2v) is 6.22. The van der Waals surface area contributed by atoms with Gasteiger partial charge in [-0.15, -0.1) is 11.8 Å². The molecule has 4 nitrogen and oxygen atoms in total. The lowest BCUT2D eigenvalue weighted by atomic mass is 10.2. The largest absolute Gasteiger partial charge is 0.478 e. The van der Waals surface area contributed by atoms with Crippen LogP contribution in [0.3, 0.4) is 0 Å². The number of carbonyl (C=O) groups is 2. The summed E-state index contributed by atoms with van der Waals surface area (Å²) in [6.07, 6.45) is 1.56. The van der Waals surface area contributed by atoms with Gasteiger partial charge in [0.1, 0.15) is 5.25 Å². The zero-order valence-corrected chi connectivity index (χ0v) is 13.8. The third kappa shape index (κ3) is 4.83. The first kappa shape index (κ1) is 17.0. The van der Waals surface area contributed by atoms with Crippen molar-refractivity contribution in [2.75, 3.05) is 6.61 Å². The summed E-state index contributed by atoms with van der Waals surface area (Å²) < 4.78 is 5.57. The lowest BCUT2D eigenvalue weighted by Crippen LogP contribution is -2.20. The molecule has 1 aromatic carbocycles. The van der Waals surface area contributed by atoms with Crippen molar-refractivity contribution in [3.63, 3.8) is 0 Å². The Balaban J connectivity index is 2.90. The van der Waals surface area contributed by atoms with Gasteiger partial charge in [0, 0.05) is 9.37 Å². The predicted octanol–water partition coefficient (Wildman–Crippen LogP) is 3.97. The summed E-state index contributed by atoms with van der Waals surface area (Å²) >= 11 is 4.54. The first-order chi connectivity index (χ1) is 9.49. The Bertz CT molecular complexity index is 490. The maximum atomic E-state index is 11.9. The third-order valence-corrected chi connectivity index (χ3v) is 4.48. The zero-order chi connectivity index (χ0) is 15.1. The molecule has 0 radical (unpaired) electrons. The van der Waals surface area contributed by atoms with Crippen LogP contribution in [0.25, 0.3) is 0 Å². The molecule has 1 unspecified atom stereocenters. The van der Waals surface area contributed by atoms with Crippen molar-refractivity contribution in [2.45, 2.75) is 36.8 Å². The highest BCUT2D eigenvalue weighted by molar-refractivity contribution is 9.10. The number of rotatable bonds is 7. The highest BCUT2D eigenvalue weighted by atomic mass is 79.9. The number of thioether (sulfide) groups is 1. The Hall–Kier alpha value is -1.01. The van der Waals surface area contributed by atoms with Crippen molar-refractivity contribution < 1.29 is 19.4 Å². The summed E-state index contributed by atoms with van der Waals surface area (Å²) in [4.78, 5) is 23.7. The van der Waals surface area contributed by atoms with E-state index in [1.54, 1.807) is 25.1 Å². The molecule has 0 aliphatic rings. The lowest BCUT2D eigenvalue weighted by molar-refractivity contribution is -0.142. The Kier molecular flexibility index (Phi) is 7.09. The van der Waals surface area contributed by atoms with Crippen molar-refractivity contribution in [3.8, 4) is 0 Å². The maximum absolute atomic E-state index is 11.9. The van der Waals surface area contributed by atoms with Gasteiger partial charge in [-0.25, -0.2) is 4.79 Å². The molecule has 0 aliphatic heterocycles. The van der Waals surface area contributed by atoms with Crippen LogP contribution in [0.5, 0.6) is 0 Å². The van der Waals surface area contributed by atoms with Crippen LogP contribution < -0.4 is 0 Å². The number of benzene rings is 1. The maximum Gasteiger partial charge on any atom is 0.336 e. The van der Waals surface area contributed by atoms with E-state index < -0.39 is 5.97 Å². The fourth-order valence-electron chi connectivity index (χ4n) is 1.63. The van der Waals surface area contributed by atoms with E-state index in [0.29, 0.717) is 17.5 Å². The number of ether oxygens (including phenoxy) is 1. The van der Waals surface area contributed by atoms with Crippen LogP contribution in [-0.2, 0) is 9.53 Å². The van der Waals surface area contributed by atoms with Crippen LogP contribution in [0.4, 0.5) is 0 Å². The van der Waals surface area contributed by atoms with Gasteiger partial charge in [0.2, 0.25) is 0 Å². The number of aromatic carboxylic acids is 1. The number of halogens is 1. The molecule has 0 heterocycles. The predicted molar refractivity (Wildman–Crippen MR) is 82.3 cm³/mol. The van der Waals surface area contributed by atoms with Gasteiger partial charge in [-0.2, -0.15) is 0 Å². The lowest BCUT2D eigenvalue weighted by Gasteiger charge is -2.14. The van der Waals surface area contributed by atoms with Crippen LogP contribution in [0.15, 0.2) is 27.6 Å². The van der Waals surface area contributed by atoms with E-state index in [-0.39, 0.29) is 16.8 Å². The molecule has 0 saturated carbocycles. The first-order valence-corrected chi connectivity index (χ1v) is 8.03. The number of carbonyl (C=O) groups excluding carboxylic acids is 1. The van der Waals surface area contributed by atoms with E-state index >= 15 is 0 Å². The summed E-state index contributed by atoms with van der Waals surface area (Å²) in [5, 5.41) is 8.79. The molecular formula is C14H17BrO4S. The molecule has 0 amide bonds. The van der Waals surface area contributed by atoms with Crippen molar-refractivity contribution in [1.29, 1.82) is 0 Å². The molecule has 1 rings (SSSR count). The fourth-order valence-corrected chi connectivity index (χ4v) is 3.22. The van der Waals surface area contributed by atoms with Crippen molar-refractivity contribution in [3.05, 3.63) is 28.2 Å². The van der Waals surface area contributed by atoms with E-state index in [1.165, 1.54) is 11.8 Å². The van der Waals surface area contributed by atoms with Crippen LogP contribution >= 0.6 is 27.7 Å². The van der Waals surface area contributed by atoms with Crippen molar-refractivity contribution in [2.24, 2.45) is 0 Å². The van der Waals surface area contributed by atoms with Gasteiger partial charge in [-0.05, 0) is 47.5 Å². The van der Waals surface area contributed by atoms with E-state index in [0.717, 1.165) is 11.3 Å². The molecule has 20 heavy (non-hydrogen) atoms. The quantitative estimate of drug-likeness (QED) is 0.588. The van der Waals surface area contributed by atoms with Crippen LogP contribution in [-0.4, -0.2) is 28.9 Å².